The van der Waals surface area contributed by atoms with E-state index >= 15 is 0 Å². The second-order valence-electron chi connectivity index (χ2n) is 6.70. The van der Waals surface area contributed by atoms with Gasteiger partial charge < -0.3 is 13.9 Å². The third-order valence-electron chi connectivity index (χ3n) is 4.85. The van der Waals surface area contributed by atoms with Crippen molar-refractivity contribution in [1.82, 2.24) is 4.98 Å². The number of oxazole rings is 1. The van der Waals surface area contributed by atoms with Gasteiger partial charge in [0.25, 0.3) is 5.91 Å². The molecule has 2 heterocycles. The average molecular weight is 378 g/mol. The minimum atomic E-state index is -0.602. The summed E-state index contributed by atoms with van der Waals surface area (Å²) in [4.78, 5) is 17.3. The molecule has 4 rings (SSSR count). The zero-order valence-electron chi connectivity index (χ0n) is 15.6. The standard InChI is InChI=1S/C22H22N2O4/c1-26-20(17-12-13-27-14-17)21(25)24-22-23-18(15-8-4-2-5-9-15)19(28-22)16-10-6-3-7-11-16/h2-11,17,20H,12-14H2,1H3,(H,23,24,25). The van der Waals surface area contributed by atoms with E-state index in [4.69, 9.17) is 13.9 Å². The van der Waals surface area contributed by atoms with Crippen LogP contribution in [0.4, 0.5) is 6.01 Å². The van der Waals surface area contributed by atoms with E-state index in [-0.39, 0.29) is 17.8 Å². The molecule has 0 aliphatic carbocycles. The van der Waals surface area contributed by atoms with Gasteiger partial charge in [0.05, 0.1) is 6.61 Å². The highest BCUT2D eigenvalue weighted by molar-refractivity contribution is 5.93. The summed E-state index contributed by atoms with van der Waals surface area (Å²) in [5, 5.41) is 2.77. The molecule has 1 aliphatic rings. The van der Waals surface area contributed by atoms with Crippen molar-refractivity contribution >= 4 is 11.9 Å². The van der Waals surface area contributed by atoms with Crippen molar-refractivity contribution in [2.45, 2.75) is 12.5 Å². The molecule has 1 aromatic heterocycles. The lowest BCUT2D eigenvalue weighted by Gasteiger charge is -2.18. The van der Waals surface area contributed by atoms with Gasteiger partial charge in [0.1, 0.15) is 11.8 Å². The zero-order chi connectivity index (χ0) is 19.3. The first-order valence-electron chi connectivity index (χ1n) is 9.29. The van der Waals surface area contributed by atoms with Gasteiger partial charge in [0, 0.05) is 30.8 Å². The monoisotopic (exact) mass is 378 g/mol. The van der Waals surface area contributed by atoms with Gasteiger partial charge in [-0.2, -0.15) is 4.98 Å². The van der Waals surface area contributed by atoms with E-state index in [1.807, 2.05) is 60.7 Å². The minimum absolute atomic E-state index is 0.0298. The number of nitrogens with zero attached hydrogens (tertiary/aromatic N) is 1. The number of ether oxygens (including phenoxy) is 2. The number of aromatic nitrogens is 1. The van der Waals surface area contributed by atoms with Crippen LogP contribution in [0.15, 0.2) is 65.1 Å². The summed E-state index contributed by atoms with van der Waals surface area (Å²) in [5.41, 5.74) is 2.49. The summed E-state index contributed by atoms with van der Waals surface area (Å²) in [5.74, 6) is 0.362. The number of carbonyl (C=O) groups is 1. The van der Waals surface area contributed by atoms with Crippen molar-refractivity contribution in [3.63, 3.8) is 0 Å². The molecule has 0 spiro atoms. The summed E-state index contributed by atoms with van der Waals surface area (Å²) < 4.78 is 16.7. The average Bonchev–Trinajstić information content (AvgIpc) is 3.40. The van der Waals surface area contributed by atoms with Crippen LogP contribution in [-0.4, -0.2) is 37.3 Å². The molecular formula is C22H22N2O4. The molecule has 2 aromatic carbocycles. The van der Waals surface area contributed by atoms with Crippen LogP contribution in [0.2, 0.25) is 0 Å². The molecule has 1 aliphatic heterocycles. The number of amides is 1. The molecule has 1 N–H and O–H groups in total. The highest BCUT2D eigenvalue weighted by Gasteiger charge is 2.32. The van der Waals surface area contributed by atoms with Crippen molar-refractivity contribution < 1.29 is 18.7 Å². The second-order valence-corrected chi connectivity index (χ2v) is 6.70. The molecule has 6 nitrogen and oxygen atoms in total. The Labute approximate surface area is 163 Å². The summed E-state index contributed by atoms with van der Waals surface area (Å²) in [7, 11) is 1.53. The molecule has 144 valence electrons. The fraction of sp³-hybridized carbons (Fsp3) is 0.273. The molecule has 6 heteroatoms. The van der Waals surface area contributed by atoms with E-state index < -0.39 is 6.10 Å². The van der Waals surface area contributed by atoms with Gasteiger partial charge in [0.15, 0.2) is 5.76 Å². The normalized spacial score (nSPS) is 17.4. The molecular weight excluding hydrogens is 356 g/mol. The predicted octanol–water partition coefficient (Wildman–Crippen LogP) is 4.00. The Morgan fingerprint density at radius 3 is 2.39 bits per heavy atom. The second kappa shape index (κ2) is 8.37. The van der Waals surface area contributed by atoms with Gasteiger partial charge >= 0.3 is 6.01 Å². The molecule has 2 unspecified atom stereocenters. The maximum atomic E-state index is 12.7. The summed E-state index contributed by atoms with van der Waals surface area (Å²) in [6.45, 7) is 1.16. The number of anilines is 1. The van der Waals surface area contributed by atoms with E-state index in [1.54, 1.807) is 0 Å². The molecule has 1 amide bonds. The Bertz CT molecular complexity index is 861. The molecule has 1 fully saturated rings. The van der Waals surface area contributed by atoms with Gasteiger partial charge in [-0.05, 0) is 6.42 Å². The third-order valence-corrected chi connectivity index (χ3v) is 4.85. The van der Waals surface area contributed by atoms with Crippen LogP contribution in [-0.2, 0) is 14.3 Å². The van der Waals surface area contributed by atoms with Crippen molar-refractivity contribution in [1.29, 1.82) is 0 Å². The molecule has 2 atom stereocenters. The predicted molar refractivity (Wildman–Crippen MR) is 106 cm³/mol. The Kier molecular flexibility index (Phi) is 5.50. The first kappa shape index (κ1) is 18.4. The Morgan fingerprint density at radius 2 is 1.79 bits per heavy atom. The summed E-state index contributed by atoms with van der Waals surface area (Å²) >= 11 is 0. The van der Waals surface area contributed by atoms with Crippen LogP contribution in [0.3, 0.4) is 0 Å². The van der Waals surface area contributed by atoms with Crippen LogP contribution in [0, 0.1) is 5.92 Å². The molecule has 28 heavy (non-hydrogen) atoms. The van der Waals surface area contributed by atoms with Crippen molar-refractivity contribution in [2.75, 3.05) is 25.6 Å². The largest absolute Gasteiger partial charge is 0.423 e. The Hall–Kier alpha value is -2.96. The smallest absolute Gasteiger partial charge is 0.302 e. The van der Waals surface area contributed by atoms with Crippen LogP contribution in [0.25, 0.3) is 22.6 Å². The van der Waals surface area contributed by atoms with Crippen molar-refractivity contribution in [3.8, 4) is 22.6 Å². The number of carbonyl (C=O) groups excluding carboxylic acids is 1. The lowest BCUT2D eigenvalue weighted by Crippen LogP contribution is -2.36. The van der Waals surface area contributed by atoms with Gasteiger partial charge in [-0.3, -0.25) is 10.1 Å². The topological polar surface area (TPSA) is 73.6 Å². The van der Waals surface area contributed by atoms with Gasteiger partial charge in [-0.25, -0.2) is 0 Å². The third kappa shape index (κ3) is 3.83. The van der Waals surface area contributed by atoms with Crippen molar-refractivity contribution in [3.05, 3.63) is 60.7 Å². The maximum Gasteiger partial charge on any atom is 0.302 e. The van der Waals surface area contributed by atoms with E-state index in [2.05, 4.69) is 10.3 Å². The summed E-state index contributed by atoms with van der Waals surface area (Å²) in [6.07, 6.45) is 0.192. The number of methoxy groups -OCH3 is 1. The van der Waals surface area contributed by atoms with Gasteiger partial charge in [0.2, 0.25) is 0 Å². The van der Waals surface area contributed by atoms with Crippen molar-refractivity contribution in [2.24, 2.45) is 5.92 Å². The highest BCUT2D eigenvalue weighted by Crippen LogP contribution is 2.34. The van der Waals surface area contributed by atoms with E-state index in [0.29, 0.717) is 24.7 Å². The molecule has 0 saturated carbocycles. The van der Waals surface area contributed by atoms with Crippen LogP contribution < -0.4 is 5.32 Å². The van der Waals surface area contributed by atoms with E-state index in [9.17, 15) is 4.79 Å². The number of nitrogens with one attached hydrogen (secondary N) is 1. The van der Waals surface area contributed by atoms with Crippen LogP contribution in [0.5, 0.6) is 0 Å². The number of hydrogen-bond donors (Lipinski definition) is 1. The van der Waals surface area contributed by atoms with E-state index in [0.717, 1.165) is 17.5 Å². The minimum Gasteiger partial charge on any atom is -0.423 e. The Morgan fingerprint density at radius 1 is 1.11 bits per heavy atom. The first-order valence-corrected chi connectivity index (χ1v) is 9.29. The fourth-order valence-electron chi connectivity index (χ4n) is 3.43. The van der Waals surface area contributed by atoms with Gasteiger partial charge in [-0.1, -0.05) is 60.7 Å². The first-order chi connectivity index (χ1) is 13.8. The number of rotatable bonds is 6. The summed E-state index contributed by atoms with van der Waals surface area (Å²) in [6, 6.07) is 19.6. The van der Waals surface area contributed by atoms with Crippen LogP contribution >= 0.6 is 0 Å². The van der Waals surface area contributed by atoms with Crippen LogP contribution in [0.1, 0.15) is 6.42 Å². The lowest BCUT2D eigenvalue weighted by molar-refractivity contribution is -0.128. The quantitative estimate of drug-likeness (QED) is 0.702. The fourth-order valence-corrected chi connectivity index (χ4v) is 3.43. The molecule has 0 radical (unpaired) electrons. The van der Waals surface area contributed by atoms with Gasteiger partial charge in [-0.15, -0.1) is 0 Å². The number of benzene rings is 2. The number of hydrogen-bond acceptors (Lipinski definition) is 5. The molecule has 3 aromatic rings. The molecule has 0 bridgehead atoms. The highest BCUT2D eigenvalue weighted by atomic mass is 16.5. The zero-order valence-corrected chi connectivity index (χ0v) is 15.6. The Balaban J connectivity index is 1.64. The van der Waals surface area contributed by atoms with E-state index in [1.165, 1.54) is 7.11 Å². The lowest BCUT2D eigenvalue weighted by atomic mass is 10.0. The molecule has 1 saturated heterocycles. The SMILES string of the molecule is COC(C(=O)Nc1nc(-c2ccccc2)c(-c2ccccc2)o1)C1CCOC1. The maximum absolute atomic E-state index is 12.7.